The molecule has 0 spiro atoms. The van der Waals surface area contributed by atoms with Crippen LogP contribution in [-0.4, -0.2) is 16.1 Å². The molecule has 5 heteroatoms. The molecule has 3 aromatic rings. The second kappa shape index (κ2) is 4.85. The number of benzene rings is 2. The second-order valence-electron chi connectivity index (χ2n) is 4.11. The van der Waals surface area contributed by atoms with Gasteiger partial charge in [0.25, 0.3) is 5.91 Å². The van der Waals surface area contributed by atoms with Crippen LogP contribution in [0.25, 0.3) is 10.9 Å². The standard InChI is InChI=1S/C14H10BrN3O/c15-10-6-9-8-16-18-13(9)12(7-10)14(19)17-11-4-2-1-3-5-11/h1-8H,(H,16,18)(H,17,19). The lowest BCUT2D eigenvalue weighted by molar-refractivity contribution is 0.102. The lowest BCUT2D eigenvalue weighted by atomic mass is 10.1. The van der Waals surface area contributed by atoms with Crippen LogP contribution >= 0.6 is 15.9 Å². The van der Waals surface area contributed by atoms with Crippen molar-refractivity contribution in [2.45, 2.75) is 0 Å². The van der Waals surface area contributed by atoms with E-state index in [0.717, 1.165) is 21.1 Å². The second-order valence-corrected chi connectivity index (χ2v) is 5.02. The molecule has 0 aliphatic rings. The summed E-state index contributed by atoms with van der Waals surface area (Å²) in [5, 5.41) is 10.6. The zero-order valence-electron chi connectivity index (χ0n) is 9.85. The first kappa shape index (κ1) is 11.9. The summed E-state index contributed by atoms with van der Waals surface area (Å²) >= 11 is 3.40. The van der Waals surface area contributed by atoms with Gasteiger partial charge in [-0.15, -0.1) is 0 Å². The number of carbonyl (C=O) groups excluding carboxylic acids is 1. The third kappa shape index (κ3) is 2.37. The van der Waals surface area contributed by atoms with Crippen LogP contribution in [-0.2, 0) is 0 Å². The summed E-state index contributed by atoms with van der Waals surface area (Å²) in [4.78, 5) is 12.3. The van der Waals surface area contributed by atoms with Gasteiger partial charge < -0.3 is 5.32 Å². The Hall–Kier alpha value is -2.14. The molecule has 0 saturated carbocycles. The Morgan fingerprint density at radius 3 is 2.79 bits per heavy atom. The van der Waals surface area contributed by atoms with Gasteiger partial charge in [-0.25, -0.2) is 0 Å². The smallest absolute Gasteiger partial charge is 0.257 e. The number of amides is 1. The number of H-pyrrole nitrogens is 1. The van der Waals surface area contributed by atoms with Gasteiger partial charge in [-0.05, 0) is 24.3 Å². The molecule has 0 unspecified atom stereocenters. The van der Waals surface area contributed by atoms with E-state index in [0.29, 0.717) is 5.56 Å². The highest BCUT2D eigenvalue weighted by Gasteiger charge is 2.13. The van der Waals surface area contributed by atoms with Crippen LogP contribution in [0.15, 0.2) is 53.1 Å². The molecule has 19 heavy (non-hydrogen) atoms. The molecule has 0 atom stereocenters. The molecular weight excluding hydrogens is 306 g/mol. The maximum atomic E-state index is 12.3. The van der Waals surface area contributed by atoms with Crippen molar-refractivity contribution >= 4 is 38.4 Å². The lowest BCUT2D eigenvalue weighted by Crippen LogP contribution is -2.12. The Morgan fingerprint density at radius 1 is 1.21 bits per heavy atom. The molecule has 0 fully saturated rings. The molecule has 2 aromatic carbocycles. The van der Waals surface area contributed by atoms with E-state index in [1.54, 1.807) is 12.3 Å². The van der Waals surface area contributed by atoms with Crippen LogP contribution < -0.4 is 5.32 Å². The highest BCUT2D eigenvalue weighted by Crippen LogP contribution is 2.23. The Labute approximate surface area is 118 Å². The maximum absolute atomic E-state index is 12.3. The number of hydrogen-bond acceptors (Lipinski definition) is 2. The summed E-state index contributed by atoms with van der Waals surface area (Å²) in [5.74, 6) is -0.165. The normalized spacial score (nSPS) is 10.6. The first-order valence-corrected chi connectivity index (χ1v) is 6.52. The summed E-state index contributed by atoms with van der Waals surface area (Å²) in [6.45, 7) is 0. The molecule has 2 N–H and O–H groups in total. The van der Waals surface area contributed by atoms with Crippen LogP contribution in [0.2, 0.25) is 0 Å². The average Bonchev–Trinajstić information content (AvgIpc) is 2.86. The zero-order chi connectivity index (χ0) is 13.2. The molecule has 1 amide bonds. The first-order chi connectivity index (χ1) is 9.24. The van der Waals surface area contributed by atoms with Crippen LogP contribution in [0.1, 0.15) is 10.4 Å². The quantitative estimate of drug-likeness (QED) is 0.759. The molecular formula is C14H10BrN3O. The van der Waals surface area contributed by atoms with E-state index in [1.807, 2.05) is 36.4 Å². The van der Waals surface area contributed by atoms with Crippen LogP contribution in [0.5, 0.6) is 0 Å². The fraction of sp³-hybridized carbons (Fsp3) is 0. The van der Waals surface area contributed by atoms with Crippen molar-refractivity contribution in [3.63, 3.8) is 0 Å². The molecule has 1 heterocycles. The Balaban J connectivity index is 2.00. The molecule has 1 aromatic heterocycles. The van der Waals surface area contributed by atoms with Gasteiger partial charge in [0.1, 0.15) is 0 Å². The van der Waals surface area contributed by atoms with Crippen molar-refractivity contribution in [2.75, 3.05) is 5.32 Å². The fourth-order valence-corrected chi connectivity index (χ4v) is 2.40. The number of anilines is 1. The van der Waals surface area contributed by atoms with Crippen LogP contribution in [0, 0.1) is 0 Å². The summed E-state index contributed by atoms with van der Waals surface area (Å²) in [6, 6.07) is 13.0. The van der Waals surface area contributed by atoms with Crippen molar-refractivity contribution < 1.29 is 4.79 Å². The molecule has 0 radical (unpaired) electrons. The average molecular weight is 316 g/mol. The number of nitrogens with one attached hydrogen (secondary N) is 2. The number of fused-ring (bicyclic) bond motifs is 1. The van der Waals surface area contributed by atoms with E-state index in [2.05, 4.69) is 31.4 Å². The number of carbonyl (C=O) groups is 1. The van der Waals surface area contributed by atoms with E-state index < -0.39 is 0 Å². The van der Waals surface area contributed by atoms with Crippen molar-refractivity contribution in [3.05, 3.63) is 58.7 Å². The minimum Gasteiger partial charge on any atom is -0.322 e. The summed E-state index contributed by atoms with van der Waals surface area (Å²) in [5.41, 5.74) is 2.06. The Kier molecular flexibility index (Phi) is 3.05. The van der Waals surface area contributed by atoms with Crippen molar-refractivity contribution in [2.24, 2.45) is 0 Å². The third-order valence-corrected chi connectivity index (χ3v) is 3.25. The molecule has 3 rings (SSSR count). The predicted octanol–water partition coefficient (Wildman–Crippen LogP) is 3.58. The Morgan fingerprint density at radius 2 is 2.00 bits per heavy atom. The number of para-hydroxylation sites is 1. The predicted molar refractivity (Wildman–Crippen MR) is 78.2 cm³/mol. The first-order valence-electron chi connectivity index (χ1n) is 5.73. The topological polar surface area (TPSA) is 57.8 Å². The summed E-state index contributed by atoms with van der Waals surface area (Å²) < 4.78 is 0.847. The largest absolute Gasteiger partial charge is 0.322 e. The van der Waals surface area contributed by atoms with E-state index >= 15 is 0 Å². The number of hydrogen-bond donors (Lipinski definition) is 2. The van der Waals surface area contributed by atoms with Crippen LogP contribution in [0.4, 0.5) is 5.69 Å². The van der Waals surface area contributed by atoms with Gasteiger partial charge in [0, 0.05) is 15.5 Å². The minimum absolute atomic E-state index is 0.165. The highest BCUT2D eigenvalue weighted by molar-refractivity contribution is 9.10. The number of rotatable bonds is 2. The molecule has 0 aliphatic carbocycles. The maximum Gasteiger partial charge on any atom is 0.257 e. The molecule has 0 saturated heterocycles. The van der Waals surface area contributed by atoms with Crippen molar-refractivity contribution in [3.8, 4) is 0 Å². The van der Waals surface area contributed by atoms with Gasteiger partial charge in [-0.1, -0.05) is 34.1 Å². The zero-order valence-corrected chi connectivity index (χ0v) is 11.4. The van der Waals surface area contributed by atoms with Crippen molar-refractivity contribution in [1.29, 1.82) is 0 Å². The van der Waals surface area contributed by atoms with E-state index in [1.165, 1.54) is 0 Å². The van der Waals surface area contributed by atoms with E-state index in [-0.39, 0.29) is 5.91 Å². The Bertz CT molecular complexity index is 737. The number of halogens is 1. The molecule has 0 bridgehead atoms. The molecule has 4 nitrogen and oxygen atoms in total. The van der Waals surface area contributed by atoms with Crippen LogP contribution in [0.3, 0.4) is 0 Å². The number of aromatic nitrogens is 2. The van der Waals surface area contributed by atoms with Gasteiger partial charge in [-0.2, -0.15) is 5.10 Å². The fourth-order valence-electron chi connectivity index (χ4n) is 1.92. The molecule has 94 valence electrons. The summed E-state index contributed by atoms with van der Waals surface area (Å²) in [7, 11) is 0. The van der Waals surface area contributed by atoms with Gasteiger partial charge in [0.2, 0.25) is 0 Å². The van der Waals surface area contributed by atoms with Gasteiger partial charge in [-0.3, -0.25) is 9.89 Å². The van der Waals surface area contributed by atoms with E-state index in [9.17, 15) is 4.79 Å². The van der Waals surface area contributed by atoms with Crippen molar-refractivity contribution in [1.82, 2.24) is 10.2 Å². The van der Waals surface area contributed by atoms with E-state index in [4.69, 9.17) is 0 Å². The monoisotopic (exact) mass is 315 g/mol. The SMILES string of the molecule is O=C(Nc1ccccc1)c1cc(Br)cc2cn[nH]c12. The lowest BCUT2D eigenvalue weighted by Gasteiger charge is -2.06. The third-order valence-electron chi connectivity index (χ3n) is 2.79. The molecule has 0 aliphatic heterocycles. The highest BCUT2D eigenvalue weighted by atomic mass is 79.9. The minimum atomic E-state index is -0.165. The van der Waals surface area contributed by atoms with Gasteiger partial charge in [0.15, 0.2) is 0 Å². The number of aromatic amines is 1. The van der Waals surface area contributed by atoms with Gasteiger partial charge in [0.05, 0.1) is 17.3 Å². The summed E-state index contributed by atoms with van der Waals surface area (Å²) in [6.07, 6.45) is 1.69. The van der Waals surface area contributed by atoms with Gasteiger partial charge >= 0.3 is 0 Å². The number of nitrogens with zero attached hydrogens (tertiary/aromatic N) is 1.